The normalized spacial score (nSPS) is 35.1. The van der Waals surface area contributed by atoms with E-state index in [0.29, 0.717) is 6.20 Å². The van der Waals surface area contributed by atoms with Crippen LogP contribution in [0.3, 0.4) is 0 Å². The average Bonchev–Trinajstić information content (AvgIpc) is 2.65. The van der Waals surface area contributed by atoms with E-state index in [1.54, 1.807) is 4.98 Å². The van der Waals surface area contributed by atoms with Gasteiger partial charge in [0.1, 0.15) is 18.8 Å². The number of phosphoric ester groups is 1. The minimum atomic E-state index is -5.54. The Morgan fingerprint density at radius 3 is 2.54 bits per heavy atom. The van der Waals surface area contributed by atoms with Crippen LogP contribution in [0.25, 0.3) is 0 Å². The van der Waals surface area contributed by atoms with Gasteiger partial charge in [-0.2, -0.15) is 4.31 Å². The lowest BCUT2D eigenvalue weighted by molar-refractivity contribution is -0.204. The van der Waals surface area contributed by atoms with Crippen molar-refractivity contribution >= 4 is 15.6 Å². The second-order valence-electron chi connectivity index (χ2n) is 4.91. The molecular weight excluding hydrogens is 409 g/mol. The summed E-state index contributed by atoms with van der Waals surface area (Å²) in [5.74, 6) is -3.59. The molecule has 0 spiro atoms. The monoisotopic (exact) mass is 423 g/mol. The summed E-state index contributed by atoms with van der Waals surface area (Å²) in [4.78, 5) is 50.5. The fourth-order valence-electron chi connectivity index (χ4n) is 1.89. The van der Waals surface area contributed by atoms with Gasteiger partial charge in [-0.3, -0.25) is 18.9 Å². The first-order valence-corrected chi connectivity index (χ1v) is 9.44. The summed E-state index contributed by atoms with van der Waals surface area (Å²) in [5.41, 5.74) is -2.20. The number of aromatic amines is 1. The zero-order valence-electron chi connectivity index (χ0n) is 13.3. The van der Waals surface area contributed by atoms with Crippen LogP contribution in [-0.4, -0.2) is 59.1 Å². The van der Waals surface area contributed by atoms with E-state index in [0.717, 1.165) is 6.07 Å². The fourth-order valence-corrected chi connectivity index (χ4v) is 3.49. The minimum absolute atomic E-state index is 0.217. The van der Waals surface area contributed by atoms with Crippen molar-refractivity contribution in [2.24, 2.45) is 0 Å². The highest BCUT2D eigenvalue weighted by molar-refractivity contribution is 7.60. The van der Waals surface area contributed by atoms with E-state index in [1.165, 1.54) is 0 Å². The van der Waals surface area contributed by atoms with Gasteiger partial charge in [-0.25, -0.2) is 18.3 Å². The molecule has 0 aromatic carbocycles. The molecule has 1 aliphatic heterocycles. The molecule has 0 aliphatic carbocycles. The lowest BCUT2D eigenvalue weighted by atomic mass is 10.1. The Bertz CT molecular complexity index is 932. The number of halogens is 1. The molecule has 1 fully saturated rings. The molecule has 2 heterocycles. The number of aliphatic hydroxyl groups excluding tert-OH is 2. The van der Waals surface area contributed by atoms with E-state index in [9.17, 15) is 33.3 Å². The van der Waals surface area contributed by atoms with Gasteiger partial charge in [-0.05, 0) is 0 Å². The molecule has 17 heteroatoms. The molecule has 14 nitrogen and oxygen atoms in total. The quantitative estimate of drug-likeness (QED) is 0.266. The zero-order chi connectivity index (χ0) is 20.8. The van der Waals surface area contributed by atoms with Crippen molar-refractivity contribution in [2.75, 3.05) is 6.61 Å². The largest absolute Gasteiger partial charge is 0.481 e. The first-order chi connectivity index (χ1) is 12.1. The van der Waals surface area contributed by atoms with Gasteiger partial charge >= 0.3 is 21.3 Å². The smallest absolute Gasteiger partial charge is 0.385 e. The molecule has 26 heavy (non-hydrogen) atoms. The molecule has 0 radical (unpaired) electrons. The lowest BCUT2D eigenvalue weighted by Gasteiger charge is -2.23. The summed E-state index contributed by atoms with van der Waals surface area (Å²) in [6.45, 7) is -1.74. The molecule has 1 unspecified atom stereocenters. The highest BCUT2D eigenvalue weighted by Gasteiger charge is 2.57. The van der Waals surface area contributed by atoms with E-state index >= 15 is 0 Å². The number of rotatable bonds is 6. The van der Waals surface area contributed by atoms with Gasteiger partial charge in [0.2, 0.25) is 0 Å². The van der Waals surface area contributed by atoms with Gasteiger partial charge in [0.15, 0.2) is 6.20 Å². The van der Waals surface area contributed by atoms with Gasteiger partial charge in [0, 0.05) is 12.3 Å². The SMILES string of the molecule is [2H][C@@]1(n2ccc(=O)[nH]c2=O)O[C@](F)(COP(=O)(O)OP(=O)(O)O)[C@@H](O)[C@H]1O. The van der Waals surface area contributed by atoms with E-state index in [1.807, 2.05) is 0 Å². The minimum Gasteiger partial charge on any atom is -0.385 e. The number of hydrogen-bond donors (Lipinski definition) is 6. The van der Waals surface area contributed by atoms with E-state index in [2.05, 4.69) is 13.6 Å². The summed E-state index contributed by atoms with van der Waals surface area (Å²) in [6, 6.07) is 0.727. The van der Waals surface area contributed by atoms with Crippen molar-refractivity contribution in [1.82, 2.24) is 9.55 Å². The molecule has 1 aromatic rings. The molecule has 0 amide bonds. The molecule has 0 saturated carbocycles. The molecule has 1 aliphatic rings. The third-order valence-electron chi connectivity index (χ3n) is 2.96. The molecular formula is C9H13FN2O12P2. The van der Waals surface area contributed by atoms with E-state index in [-0.39, 0.29) is 4.57 Å². The zero-order valence-corrected chi connectivity index (χ0v) is 14.1. The van der Waals surface area contributed by atoms with Crippen LogP contribution in [0, 0.1) is 0 Å². The summed E-state index contributed by atoms with van der Waals surface area (Å²) in [5, 5.41) is 19.7. The molecule has 1 aromatic heterocycles. The lowest BCUT2D eigenvalue weighted by Crippen LogP contribution is -2.43. The van der Waals surface area contributed by atoms with Crippen molar-refractivity contribution in [3.8, 4) is 0 Å². The summed E-state index contributed by atoms with van der Waals surface area (Å²) in [6.07, 6.45) is -7.47. The third-order valence-corrected chi connectivity index (χ3v) is 5.10. The summed E-state index contributed by atoms with van der Waals surface area (Å²) in [7, 11) is -11.1. The Morgan fingerprint density at radius 2 is 2.00 bits per heavy atom. The van der Waals surface area contributed by atoms with Crippen LogP contribution >= 0.6 is 15.6 Å². The van der Waals surface area contributed by atoms with Crippen LogP contribution in [-0.2, 0) is 22.7 Å². The summed E-state index contributed by atoms with van der Waals surface area (Å²) >= 11 is 0. The number of hydrogen-bond acceptors (Lipinski definition) is 9. The molecule has 5 atom stereocenters. The van der Waals surface area contributed by atoms with Crippen LogP contribution in [0.5, 0.6) is 0 Å². The first kappa shape index (κ1) is 19.5. The number of nitrogens with one attached hydrogen (secondary N) is 1. The highest BCUT2D eigenvalue weighted by Crippen LogP contribution is 2.58. The van der Waals surface area contributed by atoms with Gasteiger partial charge in [0.25, 0.3) is 11.4 Å². The van der Waals surface area contributed by atoms with Crippen molar-refractivity contribution in [3.05, 3.63) is 33.1 Å². The van der Waals surface area contributed by atoms with Crippen LogP contribution in [0.1, 0.15) is 7.57 Å². The Morgan fingerprint density at radius 1 is 1.38 bits per heavy atom. The number of phosphoric acid groups is 2. The number of aromatic nitrogens is 2. The summed E-state index contributed by atoms with van der Waals surface area (Å²) < 4.78 is 56.7. The van der Waals surface area contributed by atoms with Crippen molar-refractivity contribution < 1.29 is 53.4 Å². The second-order valence-corrected chi connectivity index (χ2v) is 7.74. The predicted molar refractivity (Wildman–Crippen MR) is 76.2 cm³/mol. The molecule has 148 valence electrons. The molecule has 1 saturated heterocycles. The second kappa shape index (κ2) is 7.05. The standard InChI is InChI=1S/C9H13FN2O12P2/c10-9(3-22-26(20,21)24-25(17,18)19)6(15)5(14)7(23-9)12-2-1-4(13)11-8(12)16/h1-2,5-7,14-15H,3H2,(H,20,21)(H,11,13,16)(H2,17,18,19)/t5-,6+,7-,9-/m1/s1/i7D. The van der Waals surface area contributed by atoms with Crippen molar-refractivity contribution in [1.29, 1.82) is 0 Å². The van der Waals surface area contributed by atoms with Gasteiger partial charge in [0.05, 0.1) is 1.37 Å². The molecule has 6 N–H and O–H groups in total. The number of ether oxygens (including phenoxy) is 1. The third kappa shape index (κ3) is 4.72. The van der Waals surface area contributed by atoms with Crippen molar-refractivity contribution in [3.63, 3.8) is 0 Å². The fraction of sp³-hybridized carbons (Fsp3) is 0.556. The predicted octanol–water partition coefficient (Wildman–Crippen LogP) is -2.32. The number of alkyl halides is 1. The molecule has 2 rings (SSSR count). The van der Waals surface area contributed by atoms with E-state index < -0.39 is 57.8 Å². The maximum absolute atomic E-state index is 14.8. The Labute approximate surface area is 143 Å². The molecule has 0 bridgehead atoms. The number of nitrogens with zero attached hydrogens (tertiary/aromatic N) is 1. The van der Waals surface area contributed by atoms with Crippen LogP contribution in [0.2, 0.25) is 0 Å². The van der Waals surface area contributed by atoms with Gasteiger partial charge in [-0.15, -0.1) is 0 Å². The maximum Gasteiger partial charge on any atom is 0.481 e. The Balaban J connectivity index is 2.29. The topological polar surface area (TPSA) is 218 Å². The highest BCUT2D eigenvalue weighted by atomic mass is 31.3. The maximum atomic E-state index is 14.8. The van der Waals surface area contributed by atoms with Crippen molar-refractivity contribution in [2.45, 2.75) is 24.3 Å². The van der Waals surface area contributed by atoms with Crippen LogP contribution < -0.4 is 11.2 Å². The van der Waals surface area contributed by atoms with Crippen LogP contribution in [0.4, 0.5) is 4.39 Å². The Kier molecular flexibility index (Phi) is 5.29. The first-order valence-electron chi connectivity index (χ1n) is 6.92. The van der Waals surface area contributed by atoms with Gasteiger partial charge < -0.3 is 29.6 Å². The number of H-pyrrole nitrogens is 1. The van der Waals surface area contributed by atoms with Gasteiger partial charge in [-0.1, -0.05) is 0 Å². The van der Waals surface area contributed by atoms with E-state index in [4.69, 9.17) is 16.1 Å². The Hall–Kier alpha value is -1.25. The average molecular weight is 423 g/mol. The van der Waals surface area contributed by atoms with Crippen LogP contribution in [0.15, 0.2) is 21.9 Å². The number of aliphatic hydroxyl groups is 2.